The number of likely N-dealkylation sites (tertiary alicyclic amines) is 1. The molecule has 1 aliphatic rings. The van der Waals surface area contributed by atoms with E-state index in [1.807, 2.05) is 23.1 Å². The second-order valence-corrected chi connectivity index (χ2v) is 4.26. The Kier molecular flexibility index (Phi) is 3.64. The number of nitrogens with zero attached hydrogens (tertiary/aromatic N) is 1. The van der Waals surface area contributed by atoms with Crippen molar-refractivity contribution in [2.24, 2.45) is 0 Å². The van der Waals surface area contributed by atoms with Crippen molar-refractivity contribution in [3.63, 3.8) is 0 Å². The molecule has 4 nitrogen and oxygen atoms in total. The second-order valence-electron chi connectivity index (χ2n) is 4.26. The first-order valence-corrected chi connectivity index (χ1v) is 5.83. The summed E-state index contributed by atoms with van der Waals surface area (Å²) in [6.07, 6.45) is 2.15. The van der Waals surface area contributed by atoms with Crippen LogP contribution in [0.1, 0.15) is 24.4 Å². The number of rotatable bonds is 4. The van der Waals surface area contributed by atoms with Gasteiger partial charge in [-0.3, -0.25) is 9.69 Å². The van der Waals surface area contributed by atoms with Crippen LogP contribution in [0.3, 0.4) is 0 Å². The Morgan fingerprint density at radius 1 is 1.41 bits per heavy atom. The second kappa shape index (κ2) is 5.19. The molecule has 1 saturated heterocycles. The zero-order chi connectivity index (χ0) is 12.3. The maximum absolute atomic E-state index is 11.4. The highest BCUT2D eigenvalue weighted by molar-refractivity contribution is 5.75. The molecule has 1 N–H and O–H groups in total. The summed E-state index contributed by atoms with van der Waals surface area (Å²) < 4.78 is 5.14. The fraction of sp³-hybridized carbons (Fsp3) is 0.462. The van der Waals surface area contributed by atoms with Crippen molar-refractivity contribution in [3.05, 3.63) is 29.8 Å². The van der Waals surface area contributed by atoms with Gasteiger partial charge in [-0.1, -0.05) is 12.1 Å². The van der Waals surface area contributed by atoms with Crippen molar-refractivity contribution in [2.45, 2.75) is 18.9 Å². The van der Waals surface area contributed by atoms with E-state index in [0.29, 0.717) is 5.75 Å². The summed E-state index contributed by atoms with van der Waals surface area (Å²) in [6, 6.07) is 6.76. The van der Waals surface area contributed by atoms with E-state index in [4.69, 9.17) is 4.74 Å². The zero-order valence-electron chi connectivity index (χ0n) is 9.93. The van der Waals surface area contributed by atoms with Gasteiger partial charge in [0.25, 0.3) is 0 Å². The Hall–Kier alpha value is -1.55. The predicted octanol–water partition coefficient (Wildman–Crippen LogP) is 1.92. The lowest BCUT2D eigenvalue weighted by molar-refractivity contribution is -0.143. The van der Waals surface area contributed by atoms with Gasteiger partial charge in [0.1, 0.15) is 11.8 Å². The van der Waals surface area contributed by atoms with E-state index in [9.17, 15) is 9.90 Å². The summed E-state index contributed by atoms with van der Waals surface area (Å²) >= 11 is 0. The molecular weight excluding hydrogens is 218 g/mol. The summed E-state index contributed by atoms with van der Waals surface area (Å²) in [5.74, 6) is -0.0897. The van der Waals surface area contributed by atoms with E-state index >= 15 is 0 Å². The molecule has 1 aromatic rings. The molecule has 0 unspecified atom stereocenters. The largest absolute Gasteiger partial charge is 0.497 e. The fourth-order valence-electron chi connectivity index (χ4n) is 2.32. The molecule has 1 aliphatic heterocycles. The predicted molar refractivity (Wildman–Crippen MR) is 64.2 cm³/mol. The Bertz CT molecular complexity index is 399. The standard InChI is InChI=1S/C13H17NO3/c1-17-11-6-4-5-10(9-11)12(13(15)16)14-7-2-3-8-14/h4-6,9,12H,2-3,7-8H2,1H3,(H,15,16)/t12-/m1/s1. The van der Waals surface area contributed by atoms with Crippen LogP contribution in [-0.4, -0.2) is 36.2 Å². The number of ether oxygens (including phenoxy) is 1. The monoisotopic (exact) mass is 235 g/mol. The molecule has 0 spiro atoms. The SMILES string of the molecule is COc1cccc([C@H](C(=O)O)N2CCCC2)c1. The number of carboxylic acid groups (broad SMARTS) is 1. The minimum atomic E-state index is -0.792. The molecule has 0 radical (unpaired) electrons. The highest BCUT2D eigenvalue weighted by Gasteiger charge is 2.29. The molecule has 2 rings (SSSR count). The molecule has 0 saturated carbocycles. The van der Waals surface area contributed by atoms with Crippen molar-refractivity contribution in [3.8, 4) is 5.75 Å². The van der Waals surface area contributed by atoms with Crippen LogP contribution in [0.25, 0.3) is 0 Å². The van der Waals surface area contributed by atoms with Gasteiger partial charge in [0.05, 0.1) is 7.11 Å². The van der Waals surface area contributed by atoms with E-state index in [0.717, 1.165) is 31.5 Å². The van der Waals surface area contributed by atoms with Crippen LogP contribution in [0.4, 0.5) is 0 Å². The minimum absolute atomic E-state index is 0.549. The summed E-state index contributed by atoms with van der Waals surface area (Å²) in [5.41, 5.74) is 0.791. The molecule has 1 heterocycles. The van der Waals surface area contributed by atoms with Gasteiger partial charge in [-0.15, -0.1) is 0 Å². The third-order valence-corrected chi connectivity index (χ3v) is 3.15. The maximum atomic E-state index is 11.4. The summed E-state index contributed by atoms with van der Waals surface area (Å²) in [6.45, 7) is 1.71. The van der Waals surface area contributed by atoms with Crippen LogP contribution in [0.5, 0.6) is 5.75 Å². The van der Waals surface area contributed by atoms with Crippen molar-refractivity contribution in [1.82, 2.24) is 4.90 Å². The van der Waals surface area contributed by atoms with Crippen molar-refractivity contribution >= 4 is 5.97 Å². The van der Waals surface area contributed by atoms with E-state index in [1.165, 1.54) is 0 Å². The summed E-state index contributed by atoms with van der Waals surface area (Å²) in [7, 11) is 1.59. The Morgan fingerprint density at radius 3 is 2.71 bits per heavy atom. The maximum Gasteiger partial charge on any atom is 0.325 e. The normalized spacial score (nSPS) is 17.9. The molecule has 1 fully saturated rings. The lowest BCUT2D eigenvalue weighted by atomic mass is 10.1. The molecule has 92 valence electrons. The average Bonchev–Trinajstić information content (AvgIpc) is 2.83. The van der Waals surface area contributed by atoms with Crippen LogP contribution >= 0.6 is 0 Å². The van der Waals surface area contributed by atoms with Crippen LogP contribution in [-0.2, 0) is 4.79 Å². The Labute approximate surface area is 101 Å². The molecule has 0 amide bonds. The van der Waals surface area contributed by atoms with Gasteiger partial charge in [0.2, 0.25) is 0 Å². The number of hydrogen-bond acceptors (Lipinski definition) is 3. The first-order valence-electron chi connectivity index (χ1n) is 5.83. The van der Waals surface area contributed by atoms with Gasteiger partial charge in [-0.05, 0) is 43.6 Å². The fourth-order valence-corrected chi connectivity index (χ4v) is 2.32. The molecule has 0 aliphatic carbocycles. The Balaban J connectivity index is 2.28. The topological polar surface area (TPSA) is 49.8 Å². The summed E-state index contributed by atoms with van der Waals surface area (Å²) in [4.78, 5) is 13.4. The number of methoxy groups -OCH3 is 1. The molecule has 1 atom stereocenters. The number of carbonyl (C=O) groups is 1. The average molecular weight is 235 g/mol. The molecular formula is C13H17NO3. The summed E-state index contributed by atoms with van der Waals surface area (Å²) in [5, 5.41) is 9.37. The smallest absolute Gasteiger partial charge is 0.325 e. The van der Waals surface area contributed by atoms with Crippen molar-refractivity contribution < 1.29 is 14.6 Å². The van der Waals surface area contributed by atoms with E-state index in [-0.39, 0.29) is 0 Å². The Morgan fingerprint density at radius 2 is 2.12 bits per heavy atom. The molecule has 4 heteroatoms. The van der Waals surface area contributed by atoms with E-state index < -0.39 is 12.0 Å². The zero-order valence-corrected chi connectivity index (χ0v) is 9.93. The molecule has 0 bridgehead atoms. The first kappa shape index (κ1) is 11.9. The van der Waals surface area contributed by atoms with Gasteiger partial charge in [-0.25, -0.2) is 0 Å². The third-order valence-electron chi connectivity index (χ3n) is 3.15. The van der Waals surface area contributed by atoms with Crippen molar-refractivity contribution in [1.29, 1.82) is 0 Å². The number of hydrogen-bond donors (Lipinski definition) is 1. The van der Waals surface area contributed by atoms with Crippen LogP contribution in [0, 0.1) is 0 Å². The highest BCUT2D eigenvalue weighted by Crippen LogP contribution is 2.27. The quantitative estimate of drug-likeness (QED) is 0.866. The van der Waals surface area contributed by atoms with Gasteiger partial charge < -0.3 is 9.84 Å². The lowest BCUT2D eigenvalue weighted by Gasteiger charge is -2.24. The highest BCUT2D eigenvalue weighted by atomic mass is 16.5. The van der Waals surface area contributed by atoms with Gasteiger partial charge >= 0.3 is 5.97 Å². The molecule has 1 aromatic carbocycles. The van der Waals surface area contributed by atoms with Crippen LogP contribution < -0.4 is 4.74 Å². The van der Waals surface area contributed by atoms with E-state index in [1.54, 1.807) is 13.2 Å². The third kappa shape index (κ3) is 2.58. The number of carboxylic acids is 1. The first-order chi connectivity index (χ1) is 8.22. The van der Waals surface area contributed by atoms with Crippen LogP contribution in [0.2, 0.25) is 0 Å². The number of aliphatic carboxylic acids is 1. The minimum Gasteiger partial charge on any atom is -0.497 e. The van der Waals surface area contributed by atoms with E-state index in [2.05, 4.69) is 0 Å². The van der Waals surface area contributed by atoms with Gasteiger partial charge in [-0.2, -0.15) is 0 Å². The van der Waals surface area contributed by atoms with Crippen LogP contribution in [0.15, 0.2) is 24.3 Å². The number of benzene rings is 1. The van der Waals surface area contributed by atoms with Gasteiger partial charge in [0.15, 0.2) is 0 Å². The molecule has 17 heavy (non-hydrogen) atoms. The lowest BCUT2D eigenvalue weighted by Crippen LogP contribution is -2.31. The van der Waals surface area contributed by atoms with Crippen molar-refractivity contribution in [2.75, 3.05) is 20.2 Å². The van der Waals surface area contributed by atoms with Gasteiger partial charge in [0, 0.05) is 0 Å². The molecule has 0 aromatic heterocycles.